The minimum Gasteiger partial charge on any atom is -0.0645 e. The average Bonchev–Trinajstić information content (AvgIpc) is 2.98. The van der Waals surface area contributed by atoms with Crippen molar-refractivity contribution in [3.05, 3.63) is 58.7 Å². The predicted molar refractivity (Wildman–Crippen MR) is 122 cm³/mol. The molecule has 0 aromatic heterocycles. The number of benzene rings is 2. The third-order valence-corrected chi connectivity index (χ3v) is 8.11. The lowest BCUT2D eigenvalue weighted by atomic mass is 9.53. The standard InChI is InChI=1S/C28H38/c1-9-28-16-10-15-27(28,8)23-17-19(25(2,3)4)11-13-21(23)22-14-12-20(18-24(22)28)26(5,6)7/h11-14,17-18H,9-10,15-16H2,1-8H3/t27-,28+/m0/s1. The molecule has 2 aliphatic rings. The van der Waals surface area contributed by atoms with Crippen molar-refractivity contribution >= 4 is 0 Å². The fourth-order valence-electron chi connectivity index (χ4n) is 6.18. The molecule has 0 unspecified atom stereocenters. The van der Waals surface area contributed by atoms with Gasteiger partial charge in [-0.25, -0.2) is 0 Å². The number of hydrogen-bond donors (Lipinski definition) is 0. The van der Waals surface area contributed by atoms with Gasteiger partial charge in [-0.3, -0.25) is 0 Å². The molecule has 2 aromatic carbocycles. The molecule has 150 valence electrons. The van der Waals surface area contributed by atoms with E-state index in [1.807, 2.05) is 0 Å². The van der Waals surface area contributed by atoms with Crippen molar-refractivity contribution in [2.75, 3.05) is 0 Å². The SMILES string of the molecule is CC[C@]12CCC[C@@]1(C)c1cc(C(C)(C)C)ccc1-c1ccc(C(C)(C)C)cc12. The first-order chi connectivity index (χ1) is 12.9. The first-order valence-corrected chi connectivity index (χ1v) is 11.2. The van der Waals surface area contributed by atoms with Crippen molar-refractivity contribution in [2.45, 2.75) is 103 Å². The van der Waals surface area contributed by atoms with E-state index in [9.17, 15) is 0 Å². The predicted octanol–water partition coefficient (Wildman–Crippen LogP) is 8.05. The Labute approximate surface area is 172 Å². The van der Waals surface area contributed by atoms with Crippen LogP contribution in [0.25, 0.3) is 11.1 Å². The summed E-state index contributed by atoms with van der Waals surface area (Å²) in [7, 11) is 0. The maximum atomic E-state index is 2.57. The summed E-state index contributed by atoms with van der Waals surface area (Å²) in [4.78, 5) is 0. The number of fused-ring (bicyclic) bond motifs is 6. The highest BCUT2D eigenvalue weighted by Crippen LogP contribution is 2.64. The molecular weight excluding hydrogens is 336 g/mol. The van der Waals surface area contributed by atoms with Gasteiger partial charge in [0.25, 0.3) is 0 Å². The molecular formula is C28H38. The quantitative estimate of drug-likeness (QED) is 0.473. The Morgan fingerprint density at radius 3 is 1.75 bits per heavy atom. The third kappa shape index (κ3) is 2.56. The average molecular weight is 375 g/mol. The Bertz CT molecular complexity index is 918. The summed E-state index contributed by atoms with van der Waals surface area (Å²) in [5.41, 5.74) is 10.0. The smallest absolute Gasteiger partial charge is 0.00510 e. The zero-order chi connectivity index (χ0) is 20.5. The van der Waals surface area contributed by atoms with E-state index in [4.69, 9.17) is 0 Å². The summed E-state index contributed by atoms with van der Waals surface area (Å²) < 4.78 is 0. The fourth-order valence-corrected chi connectivity index (χ4v) is 6.18. The van der Waals surface area contributed by atoms with Crippen LogP contribution in [-0.2, 0) is 21.7 Å². The molecule has 0 heterocycles. The minimum atomic E-state index is 0.190. The van der Waals surface area contributed by atoms with Gasteiger partial charge in [0.15, 0.2) is 0 Å². The molecule has 0 aliphatic heterocycles. The summed E-state index contributed by atoms with van der Waals surface area (Å²) in [5, 5.41) is 0. The second-order valence-corrected chi connectivity index (χ2v) is 11.6. The third-order valence-electron chi connectivity index (χ3n) is 8.11. The van der Waals surface area contributed by atoms with Gasteiger partial charge in [-0.1, -0.05) is 98.2 Å². The molecule has 0 N–H and O–H groups in total. The van der Waals surface area contributed by atoms with Gasteiger partial charge in [-0.2, -0.15) is 0 Å². The first-order valence-electron chi connectivity index (χ1n) is 11.2. The topological polar surface area (TPSA) is 0 Å². The van der Waals surface area contributed by atoms with Crippen molar-refractivity contribution in [1.29, 1.82) is 0 Å². The second kappa shape index (κ2) is 5.97. The highest BCUT2D eigenvalue weighted by atomic mass is 14.6. The summed E-state index contributed by atoms with van der Waals surface area (Å²) in [6, 6.07) is 14.7. The molecule has 0 nitrogen and oxygen atoms in total. The molecule has 2 aliphatic carbocycles. The summed E-state index contributed by atoms with van der Waals surface area (Å²) in [6.45, 7) is 19.0. The lowest BCUT2D eigenvalue weighted by molar-refractivity contribution is 0.262. The van der Waals surface area contributed by atoms with Gasteiger partial charge in [0.05, 0.1) is 0 Å². The van der Waals surface area contributed by atoms with Crippen LogP contribution in [0.3, 0.4) is 0 Å². The van der Waals surface area contributed by atoms with Crippen LogP contribution in [0, 0.1) is 0 Å². The molecule has 28 heavy (non-hydrogen) atoms. The maximum Gasteiger partial charge on any atom is 0.00510 e. The summed E-state index contributed by atoms with van der Waals surface area (Å²) in [6.07, 6.45) is 5.19. The van der Waals surface area contributed by atoms with Gasteiger partial charge in [-0.05, 0) is 63.5 Å². The van der Waals surface area contributed by atoms with E-state index >= 15 is 0 Å². The molecule has 0 spiro atoms. The van der Waals surface area contributed by atoms with E-state index in [2.05, 4.69) is 91.8 Å². The van der Waals surface area contributed by atoms with Crippen LogP contribution in [-0.4, -0.2) is 0 Å². The molecule has 1 fully saturated rings. The molecule has 0 saturated heterocycles. The zero-order valence-electron chi connectivity index (χ0n) is 19.3. The summed E-state index contributed by atoms with van der Waals surface area (Å²) >= 11 is 0. The van der Waals surface area contributed by atoms with E-state index in [1.165, 1.54) is 47.9 Å². The van der Waals surface area contributed by atoms with E-state index in [0.29, 0.717) is 0 Å². The molecule has 0 radical (unpaired) electrons. The highest BCUT2D eigenvalue weighted by Gasteiger charge is 2.56. The van der Waals surface area contributed by atoms with E-state index < -0.39 is 0 Å². The Kier molecular flexibility index (Phi) is 4.21. The van der Waals surface area contributed by atoms with Crippen LogP contribution in [0.5, 0.6) is 0 Å². The normalized spacial score (nSPS) is 26.6. The van der Waals surface area contributed by atoms with Gasteiger partial charge in [0.2, 0.25) is 0 Å². The van der Waals surface area contributed by atoms with E-state index in [0.717, 1.165) is 0 Å². The molecule has 2 atom stereocenters. The number of rotatable bonds is 1. The van der Waals surface area contributed by atoms with Crippen molar-refractivity contribution in [2.24, 2.45) is 0 Å². The van der Waals surface area contributed by atoms with Crippen molar-refractivity contribution in [3.8, 4) is 11.1 Å². The Morgan fingerprint density at radius 1 is 0.750 bits per heavy atom. The Balaban J connectivity index is 2.06. The van der Waals surface area contributed by atoms with Crippen LogP contribution in [0.2, 0.25) is 0 Å². The van der Waals surface area contributed by atoms with Crippen molar-refractivity contribution in [3.63, 3.8) is 0 Å². The van der Waals surface area contributed by atoms with E-state index in [-0.39, 0.29) is 21.7 Å². The van der Waals surface area contributed by atoms with E-state index in [1.54, 1.807) is 11.1 Å². The van der Waals surface area contributed by atoms with Crippen molar-refractivity contribution < 1.29 is 0 Å². The molecule has 0 amide bonds. The highest BCUT2D eigenvalue weighted by molar-refractivity contribution is 5.79. The molecule has 4 rings (SSSR count). The van der Waals surface area contributed by atoms with Crippen LogP contribution in [0.15, 0.2) is 36.4 Å². The number of hydrogen-bond acceptors (Lipinski definition) is 0. The van der Waals surface area contributed by atoms with Gasteiger partial charge in [-0.15, -0.1) is 0 Å². The minimum absolute atomic E-state index is 0.190. The van der Waals surface area contributed by atoms with Crippen LogP contribution in [0.1, 0.15) is 103 Å². The van der Waals surface area contributed by atoms with Crippen molar-refractivity contribution in [1.82, 2.24) is 0 Å². The lowest BCUT2D eigenvalue weighted by Crippen LogP contribution is -2.45. The van der Waals surface area contributed by atoms with Crippen LogP contribution >= 0.6 is 0 Å². The fraction of sp³-hybridized carbons (Fsp3) is 0.571. The second-order valence-electron chi connectivity index (χ2n) is 11.6. The van der Waals surface area contributed by atoms with Gasteiger partial charge in [0, 0.05) is 10.8 Å². The maximum absolute atomic E-state index is 2.57. The first kappa shape index (κ1) is 19.7. The Hall–Kier alpha value is -1.56. The molecule has 2 aromatic rings. The van der Waals surface area contributed by atoms with Crippen LogP contribution < -0.4 is 0 Å². The summed E-state index contributed by atoms with van der Waals surface area (Å²) in [5.74, 6) is 0. The molecule has 0 heteroatoms. The zero-order valence-corrected chi connectivity index (χ0v) is 19.3. The van der Waals surface area contributed by atoms with Crippen LogP contribution in [0.4, 0.5) is 0 Å². The largest absolute Gasteiger partial charge is 0.0645 e. The monoisotopic (exact) mass is 374 g/mol. The van der Waals surface area contributed by atoms with Gasteiger partial charge < -0.3 is 0 Å². The van der Waals surface area contributed by atoms with Gasteiger partial charge in [0.1, 0.15) is 0 Å². The molecule has 1 saturated carbocycles. The Morgan fingerprint density at radius 2 is 1.25 bits per heavy atom. The molecule has 0 bridgehead atoms. The lowest BCUT2D eigenvalue weighted by Gasteiger charge is -2.50. The van der Waals surface area contributed by atoms with Gasteiger partial charge >= 0.3 is 0 Å².